The molecule has 0 amide bonds. The van der Waals surface area contributed by atoms with Gasteiger partial charge in [-0.3, -0.25) is 9.38 Å². The van der Waals surface area contributed by atoms with E-state index in [9.17, 15) is 8.42 Å². The van der Waals surface area contributed by atoms with Crippen molar-refractivity contribution < 1.29 is 8.42 Å². The summed E-state index contributed by atoms with van der Waals surface area (Å²) in [5.41, 5.74) is 5.44. The molecule has 0 bridgehead atoms. The molecule has 0 N–H and O–H groups in total. The summed E-state index contributed by atoms with van der Waals surface area (Å²) in [4.78, 5) is 8.92. The lowest BCUT2D eigenvalue weighted by Crippen LogP contribution is -2.08. The molecule has 2 aromatic heterocycles. The second-order valence-electron chi connectivity index (χ2n) is 6.79. The molecule has 136 valence electrons. The lowest BCUT2D eigenvalue weighted by molar-refractivity contribution is 0.590. The minimum Gasteiger partial charge on any atom is -0.287 e. The molecule has 0 spiro atoms. The summed E-state index contributed by atoms with van der Waals surface area (Å²) >= 11 is 0. The van der Waals surface area contributed by atoms with Crippen molar-refractivity contribution in [3.8, 4) is 11.3 Å². The van der Waals surface area contributed by atoms with Crippen LogP contribution in [0.1, 0.15) is 16.7 Å². The fourth-order valence-electron chi connectivity index (χ4n) is 3.19. The standard InChI is InChI=1S/C21H19N3O2S/c1-14-4-6-18(7-5-14)27(25,26)21-12-22-11-20-23-19(13-24(20)21)17-9-15(2)8-16(3)10-17/h4-13H,1-3H3. The van der Waals surface area contributed by atoms with E-state index in [0.717, 1.165) is 27.9 Å². The summed E-state index contributed by atoms with van der Waals surface area (Å²) in [6, 6.07) is 13.0. The van der Waals surface area contributed by atoms with Gasteiger partial charge < -0.3 is 0 Å². The highest BCUT2D eigenvalue weighted by Gasteiger charge is 2.22. The Morgan fingerprint density at radius 2 is 1.52 bits per heavy atom. The van der Waals surface area contributed by atoms with Crippen LogP contribution in [-0.4, -0.2) is 22.8 Å². The van der Waals surface area contributed by atoms with Crippen LogP contribution >= 0.6 is 0 Å². The third-order valence-electron chi connectivity index (χ3n) is 4.47. The normalized spacial score (nSPS) is 11.8. The number of rotatable bonds is 3. The fourth-order valence-corrected chi connectivity index (χ4v) is 4.53. The number of hydrogen-bond acceptors (Lipinski definition) is 4. The Morgan fingerprint density at radius 3 is 2.19 bits per heavy atom. The van der Waals surface area contributed by atoms with E-state index in [1.165, 1.54) is 6.20 Å². The number of benzene rings is 2. The Balaban J connectivity index is 1.90. The molecule has 0 unspecified atom stereocenters. The lowest BCUT2D eigenvalue weighted by Gasteiger charge is -2.07. The van der Waals surface area contributed by atoms with E-state index in [1.807, 2.05) is 32.9 Å². The predicted molar refractivity (Wildman–Crippen MR) is 105 cm³/mol. The van der Waals surface area contributed by atoms with Crippen LogP contribution in [0.5, 0.6) is 0 Å². The van der Waals surface area contributed by atoms with E-state index in [1.54, 1.807) is 41.1 Å². The maximum absolute atomic E-state index is 13.1. The van der Waals surface area contributed by atoms with Crippen LogP contribution in [0.2, 0.25) is 0 Å². The highest BCUT2D eigenvalue weighted by atomic mass is 32.2. The Kier molecular flexibility index (Phi) is 4.08. The minimum atomic E-state index is -3.71. The minimum absolute atomic E-state index is 0.104. The van der Waals surface area contributed by atoms with Crippen LogP contribution in [0.25, 0.3) is 16.9 Å². The van der Waals surface area contributed by atoms with Crippen LogP contribution in [0.3, 0.4) is 0 Å². The first-order valence-corrected chi connectivity index (χ1v) is 10.1. The second-order valence-corrected chi connectivity index (χ2v) is 8.69. The average molecular weight is 377 g/mol. The van der Waals surface area contributed by atoms with Crippen LogP contribution in [0.15, 0.2) is 71.0 Å². The molecule has 0 atom stereocenters. The summed E-state index contributed by atoms with van der Waals surface area (Å²) in [7, 11) is -3.71. The summed E-state index contributed by atoms with van der Waals surface area (Å²) in [6.07, 6.45) is 4.70. The van der Waals surface area contributed by atoms with Crippen LogP contribution in [0.4, 0.5) is 0 Å². The number of nitrogens with zero attached hydrogens (tertiary/aromatic N) is 3. The van der Waals surface area contributed by atoms with Crippen molar-refractivity contribution in [1.29, 1.82) is 0 Å². The molecule has 4 rings (SSSR count). The van der Waals surface area contributed by atoms with Crippen LogP contribution in [-0.2, 0) is 9.84 Å². The number of fused-ring (bicyclic) bond motifs is 1. The summed E-state index contributed by atoms with van der Waals surface area (Å²) in [5, 5.41) is 0.104. The predicted octanol–water partition coefficient (Wildman–Crippen LogP) is 4.15. The molecule has 0 aliphatic rings. The molecule has 0 aliphatic carbocycles. The monoisotopic (exact) mass is 377 g/mol. The first-order valence-electron chi connectivity index (χ1n) is 8.58. The van der Waals surface area contributed by atoms with Gasteiger partial charge in [0.25, 0.3) is 0 Å². The zero-order valence-corrected chi connectivity index (χ0v) is 16.2. The van der Waals surface area contributed by atoms with Gasteiger partial charge in [-0.25, -0.2) is 13.4 Å². The van der Waals surface area contributed by atoms with Crippen molar-refractivity contribution >= 4 is 15.5 Å². The lowest BCUT2D eigenvalue weighted by atomic mass is 10.1. The quantitative estimate of drug-likeness (QED) is 0.538. The third kappa shape index (κ3) is 3.13. The van der Waals surface area contributed by atoms with Gasteiger partial charge in [0.05, 0.1) is 23.0 Å². The van der Waals surface area contributed by atoms with Gasteiger partial charge in [-0.05, 0) is 45.0 Å². The van der Waals surface area contributed by atoms with Gasteiger partial charge in [0.2, 0.25) is 9.84 Å². The van der Waals surface area contributed by atoms with Crippen molar-refractivity contribution in [2.45, 2.75) is 30.7 Å². The molecule has 27 heavy (non-hydrogen) atoms. The number of imidazole rings is 1. The molecular formula is C21H19N3O2S. The molecule has 6 heteroatoms. The maximum atomic E-state index is 13.1. The topological polar surface area (TPSA) is 64.3 Å². The fraction of sp³-hybridized carbons (Fsp3) is 0.143. The second kappa shape index (κ2) is 6.32. The smallest absolute Gasteiger partial charge is 0.223 e. The molecule has 5 nitrogen and oxygen atoms in total. The van der Waals surface area contributed by atoms with Crippen LogP contribution < -0.4 is 0 Å². The van der Waals surface area contributed by atoms with E-state index in [0.29, 0.717) is 5.65 Å². The van der Waals surface area contributed by atoms with Crippen molar-refractivity contribution in [3.05, 3.63) is 77.7 Å². The third-order valence-corrected chi connectivity index (χ3v) is 6.22. The summed E-state index contributed by atoms with van der Waals surface area (Å²) < 4.78 is 27.8. The van der Waals surface area contributed by atoms with Gasteiger partial charge in [-0.2, -0.15) is 0 Å². The highest BCUT2D eigenvalue weighted by Crippen LogP contribution is 2.26. The zero-order valence-electron chi connectivity index (χ0n) is 15.3. The molecule has 0 radical (unpaired) electrons. The van der Waals surface area contributed by atoms with E-state index in [4.69, 9.17) is 0 Å². The summed E-state index contributed by atoms with van der Waals surface area (Å²) in [5.74, 6) is 0. The summed E-state index contributed by atoms with van der Waals surface area (Å²) in [6.45, 7) is 5.98. The van der Waals surface area contributed by atoms with Crippen molar-refractivity contribution in [2.75, 3.05) is 0 Å². The largest absolute Gasteiger partial charge is 0.287 e. The van der Waals surface area contributed by atoms with Gasteiger partial charge in [0.15, 0.2) is 10.7 Å². The Labute approximate surface area is 158 Å². The molecule has 0 saturated heterocycles. The highest BCUT2D eigenvalue weighted by molar-refractivity contribution is 7.91. The average Bonchev–Trinajstić information content (AvgIpc) is 3.05. The Bertz CT molecular complexity index is 1240. The van der Waals surface area contributed by atoms with Crippen molar-refractivity contribution in [1.82, 2.24) is 14.4 Å². The molecule has 2 aromatic carbocycles. The Morgan fingerprint density at radius 1 is 0.852 bits per heavy atom. The van der Waals surface area contributed by atoms with Gasteiger partial charge in [0.1, 0.15) is 0 Å². The molecule has 0 aliphatic heterocycles. The van der Waals surface area contributed by atoms with E-state index in [2.05, 4.69) is 16.0 Å². The van der Waals surface area contributed by atoms with Gasteiger partial charge in [-0.1, -0.05) is 34.9 Å². The molecular weight excluding hydrogens is 358 g/mol. The van der Waals surface area contributed by atoms with E-state index < -0.39 is 9.84 Å². The Hall–Kier alpha value is -2.99. The van der Waals surface area contributed by atoms with Crippen molar-refractivity contribution in [3.63, 3.8) is 0 Å². The van der Waals surface area contributed by atoms with E-state index >= 15 is 0 Å². The number of aromatic nitrogens is 3. The molecule has 2 heterocycles. The maximum Gasteiger partial charge on any atom is 0.223 e. The molecule has 4 aromatic rings. The van der Waals surface area contributed by atoms with Gasteiger partial charge in [-0.15, -0.1) is 0 Å². The first-order chi connectivity index (χ1) is 12.8. The number of hydrogen-bond donors (Lipinski definition) is 0. The van der Waals surface area contributed by atoms with Gasteiger partial charge in [0, 0.05) is 11.8 Å². The first kappa shape index (κ1) is 17.4. The van der Waals surface area contributed by atoms with Crippen LogP contribution in [0, 0.1) is 20.8 Å². The molecule has 0 fully saturated rings. The van der Waals surface area contributed by atoms with Gasteiger partial charge >= 0.3 is 0 Å². The van der Waals surface area contributed by atoms with Crippen molar-refractivity contribution in [2.24, 2.45) is 0 Å². The molecule has 0 saturated carbocycles. The zero-order chi connectivity index (χ0) is 19.2. The SMILES string of the molecule is Cc1ccc(S(=O)(=O)c2cncc3nc(-c4cc(C)cc(C)c4)cn23)cc1. The number of aryl methyl sites for hydroxylation is 3. The van der Waals surface area contributed by atoms with E-state index in [-0.39, 0.29) is 9.92 Å². The number of sulfone groups is 1.